The van der Waals surface area contributed by atoms with Crippen molar-refractivity contribution in [3.05, 3.63) is 29.3 Å². The van der Waals surface area contributed by atoms with Gasteiger partial charge in [0.25, 0.3) is 0 Å². The van der Waals surface area contributed by atoms with Crippen LogP contribution in [-0.4, -0.2) is 25.1 Å². The van der Waals surface area contributed by atoms with Crippen LogP contribution in [0.5, 0.6) is 5.75 Å². The molecule has 0 spiro atoms. The molecule has 0 fully saturated rings. The van der Waals surface area contributed by atoms with Crippen molar-refractivity contribution in [2.24, 2.45) is 5.73 Å². The first-order chi connectivity index (χ1) is 9.99. The van der Waals surface area contributed by atoms with E-state index in [-0.39, 0.29) is 11.9 Å². The first-order valence-electron chi connectivity index (χ1n) is 7.71. The van der Waals surface area contributed by atoms with Gasteiger partial charge in [-0.3, -0.25) is 4.79 Å². The summed E-state index contributed by atoms with van der Waals surface area (Å²) in [4.78, 5) is 11.6. The predicted octanol–water partition coefficient (Wildman–Crippen LogP) is 2.71. The fourth-order valence-electron chi connectivity index (χ4n) is 1.96. The second-order valence-electron chi connectivity index (χ2n) is 5.69. The maximum Gasteiger partial charge on any atom is 0.219 e. The largest absolute Gasteiger partial charge is 0.493 e. The number of ether oxygens (including phenoxy) is 1. The fourth-order valence-corrected chi connectivity index (χ4v) is 1.96. The monoisotopic (exact) mass is 292 g/mol. The van der Waals surface area contributed by atoms with E-state index in [1.54, 1.807) is 0 Å². The first kappa shape index (κ1) is 17.5. The summed E-state index contributed by atoms with van der Waals surface area (Å²) in [7, 11) is 0. The van der Waals surface area contributed by atoms with Gasteiger partial charge in [0.2, 0.25) is 5.91 Å². The third-order valence-corrected chi connectivity index (χ3v) is 3.32. The Balaban J connectivity index is 2.11. The maximum absolute atomic E-state index is 11.6. The van der Waals surface area contributed by atoms with Gasteiger partial charge in [0.1, 0.15) is 5.75 Å². The van der Waals surface area contributed by atoms with Gasteiger partial charge in [-0.25, -0.2) is 0 Å². The number of benzene rings is 1. The molecule has 1 atom stereocenters. The lowest BCUT2D eigenvalue weighted by atomic mass is 10.1. The molecule has 0 aliphatic rings. The maximum atomic E-state index is 11.6. The number of unbranched alkanes of at least 4 members (excludes halogenated alkanes) is 1. The molecular formula is C17H28N2O2. The van der Waals surface area contributed by atoms with Crippen LogP contribution in [0.2, 0.25) is 0 Å². The Kier molecular flexibility index (Phi) is 7.83. The standard InChI is InChI=1S/C17H28N2O2/c1-13-7-8-14(2)16(12-13)21-11-5-4-6-17(20)19-10-9-15(3)18/h7-8,12,15H,4-6,9-11,18H2,1-3H3,(H,19,20). The zero-order valence-electron chi connectivity index (χ0n) is 13.4. The molecule has 1 aromatic rings. The molecule has 0 saturated carbocycles. The molecule has 0 radical (unpaired) electrons. The summed E-state index contributed by atoms with van der Waals surface area (Å²) in [6.45, 7) is 7.35. The topological polar surface area (TPSA) is 64.3 Å². The van der Waals surface area contributed by atoms with E-state index in [9.17, 15) is 4.79 Å². The Morgan fingerprint density at radius 3 is 2.81 bits per heavy atom. The lowest BCUT2D eigenvalue weighted by Crippen LogP contribution is -2.28. The Morgan fingerprint density at radius 2 is 2.10 bits per heavy atom. The van der Waals surface area contributed by atoms with E-state index >= 15 is 0 Å². The molecule has 118 valence electrons. The van der Waals surface area contributed by atoms with Gasteiger partial charge in [-0.2, -0.15) is 0 Å². The molecule has 1 rings (SSSR count). The number of aryl methyl sites for hydroxylation is 2. The zero-order valence-corrected chi connectivity index (χ0v) is 13.4. The van der Waals surface area contributed by atoms with Crippen LogP contribution in [0, 0.1) is 13.8 Å². The molecular weight excluding hydrogens is 264 g/mol. The van der Waals surface area contributed by atoms with Crippen LogP contribution in [-0.2, 0) is 4.79 Å². The number of hydrogen-bond donors (Lipinski definition) is 2. The van der Waals surface area contributed by atoms with Gasteiger partial charge in [-0.1, -0.05) is 12.1 Å². The van der Waals surface area contributed by atoms with Gasteiger partial charge < -0.3 is 15.8 Å². The van der Waals surface area contributed by atoms with Crippen molar-refractivity contribution in [2.75, 3.05) is 13.2 Å². The summed E-state index contributed by atoms with van der Waals surface area (Å²) < 4.78 is 5.76. The molecule has 4 nitrogen and oxygen atoms in total. The van der Waals surface area contributed by atoms with Crippen LogP contribution >= 0.6 is 0 Å². The van der Waals surface area contributed by atoms with Crippen molar-refractivity contribution >= 4 is 5.91 Å². The van der Waals surface area contributed by atoms with Gasteiger partial charge in [0.05, 0.1) is 6.61 Å². The van der Waals surface area contributed by atoms with E-state index in [0.717, 1.165) is 30.6 Å². The molecule has 21 heavy (non-hydrogen) atoms. The molecule has 1 aromatic carbocycles. The lowest BCUT2D eigenvalue weighted by Gasteiger charge is -2.10. The van der Waals surface area contributed by atoms with Gasteiger partial charge in [-0.05, 0) is 57.2 Å². The number of carbonyl (C=O) groups excluding carboxylic acids is 1. The van der Waals surface area contributed by atoms with Crippen molar-refractivity contribution < 1.29 is 9.53 Å². The molecule has 4 heteroatoms. The molecule has 1 amide bonds. The van der Waals surface area contributed by atoms with Crippen LogP contribution in [0.4, 0.5) is 0 Å². The SMILES string of the molecule is Cc1ccc(C)c(OCCCCC(=O)NCCC(C)N)c1. The fraction of sp³-hybridized carbons (Fsp3) is 0.588. The summed E-state index contributed by atoms with van der Waals surface area (Å²) in [6.07, 6.45) is 3.10. The molecule has 0 bridgehead atoms. The third kappa shape index (κ3) is 7.71. The van der Waals surface area contributed by atoms with Gasteiger partial charge in [0.15, 0.2) is 0 Å². The number of amides is 1. The van der Waals surface area contributed by atoms with E-state index in [4.69, 9.17) is 10.5 Å². The highest BCUT2D eigenvalue weighted by atomic mass is 16.5. The highest BCUT2D eigenvalue weighted by Gasteiger charge is 2.03. The van der Waals surface area contributed by atoms with Gasteiger partial charge in [0, 0.05) is 19.0 Å². The second kappa shape index (κ2) is 9.40. The average Bonchev–Trinajstić information content (AvgIpc) is 2.41. The molecule has 0 aromatic heterocycles. The van der Waals surface area contributed by atoms with Crippen molar-refractivity contribution in [3.8, 4) is 5.75 Å². The number of nitrogens with two attached hydrogens (primary N) is 1. The number of nitrogens with one attached hydrogen (secondary N) is 1. The molecule has 0 saturated heterocycles. The predicted molar refractivity (Wildman–Crippen MR) is 86.5 cm³/mol. The summed E-state index contributed by atoms with van der Waals surface area (Å²) in [5.41, 5.74) is 7.97. The number of carbonyl (C=O) groups is 1. The van der Waals surface area contributed by atoms with Crippen LogP contribution < -0.4 is 15.8 Å². The highest BCUT2D eigenvalue weighted by Crippen LogP contribution is 2.19. The van der Waals surface area contributed by atoms with E-state index in [2.05, 4.69) is 30.4 Å². The number of rotatable bonds is 9. The van der Waals surface area contributed by atoms with Crippen LogP contribution in [0.3, 0.4) is 0 Å². The van der Waals surface area contributed by atoms with Gasteiger partial charge in [-0.15, -0.1) is 0 Å². The average molecular weight is 292 g/mol. The van der Waals surface area contributed by atoms with Crippen LogP contribution in [0.15, 0.2) is 18.2 Å². The minimum Gasteiger partial charge on any atom is -0.493 e. The second-order valence-corrected chi connectivity index (χ2v) is 5.69. The molecule has 0 aliphatic carbocycles. The van der Waals surface area contributed by atoms with Crippen molar-refractivity contribution in [1.29, 1.82) is 0 Å². The molecule has 0 heterocycles. The first-order valence-corrected chi connectivity index (χ1v) is 7.71. The minimum absolute atomic E-state index is 0.0994. The smallest absolute Gasteiger partial charge is 0.219 e. The number of hydrogen-bond acceptors (Lipinski definition) is 3. The summed E-state index contributed by atoms with van der Waals surface area (Å²) >= 11 is 0. The van der Waals surface area contributed by atoms with Gasteiger partial charge >= 0.3 is 0 Å². The van der Waals surface area contributed by atoms with Crippen molar-refractivity contribution in [2.45, 2.75) is 52.5 Å². The van der Waals surface area contributed by atoms with E-state index in [1.807, 2.05) is 13.8 Å². The summed E-state index contributed by atoms with van der Waals surface area (Å²) in [5, 5.41) is 2.88. The van der Waals surface area contributed by atoms with Crippen LogP contribution in [0.25, 0.3) is 0 Å². The summed E-state index contributed by atoms with van der Waals surface area (Å²) in [6, 6.07) is 6.33. The Hall–Kier alpha value is -1.55. The highest BCUT2D eigenvalue weighted by molar-refractivity contribution is 5.75. The lowest BCUT2D eigenvalue weighted by molar-refractivity contribution is -0.121. The quantitative estimate of drug-likeness (QED) is 0.688. The van der Waals surface area contributed by atoms with Crippen LogP contribution in [0.1, 0.15) is 43.7 Å². The minimum atomic E-state index is 0.0994. The Bertz CT molecular complexity index is 444. The van der Waals surface area contributed by atoms with E-state index < -0.39 is 0 Å². The van der Waals surface area contributed by atoms with Crippen molar-refractivity contribution in [1.82, 2.24) is 5.32 Å². The third-order valence-electron chi connectivity index (χ3n) is 3.32. The Labute approximate surface area is 128 Å². The summed E-state index contributed by atoms with van der Waals surface area (Å²) in [5.74, 6) is 1.04. The molecule has 3 N–H and O–H groups in total. The zero-order chi connectivity index (χ0) is 15.7. The van der Waals surface area contributed by atoms with E-state index in [0.29, 0.717) is 19.6 Å². The van der Waals surface area contributed by atoms with Crippen molar-refractivity contribution in [3.63, 3.8) is 0 Å². The normalized spacial score (nSPS) is 12.0. The van der Waals surface area contributed by atoms with E-state index in [1.165, 1.54) is 5.56 Å². The molecule has 1 unspecified atom stereocenters. The molecule has 0 aliphatic heterocycles. The Morgan fingerprint density at radius 1 is 1.33 bits per heavy atom.